The van der Waals surface area contributed by atoms with Crippen LogP contribution in [0.1, 0.15) is 11.6 Å². The van der Waals surface area contributed by atoms with E-state index in [1.54, 1.807) is 11.0 Å². The van der Waals surface area contributed by atoms with Gasteiger partial charge in [0.25, 0.3) is 0 Å². The number of carbonyl (C=O) groups excluding carboxylic acids is 1. The Kier molecular flexibility index (Phi) is 4.28. The van der Waals surface area contributed by atoms with Crippen LogP contribution in [0.3, 0.4) is 0 Å². The molecule has 1 atom stereocenters. The Balaban J connectivity index is 2.20. The van der Waals surface area contributed by atoms with Crippen molar-refractivity contribution in [2.24, 2.45) is 0 Å². The summed E-state index contributed by atoms with van der Waals surface area (Å²) in [7, 11) is 1.50. The van der Waals surface area contributed by atoms with Crippen LogP contribution in [0.5, 0.6) is 0 Å². The molecule has 0 saturated carbocycles. The number of nitrogens with zero attached hydrogens (tertiary/aromatic N) is 1. The van der Waals surface area contributed by atoms with Gasteiger partial charge in [-0.25, -0.2) is 4.39 Å². The molecule has 1 saturated heterocycles. The number of rotatable bonds is 3. The molecule has 1 aliphatic rings. The van der Waals surface area contributed by atoms with Gasteiger partial charge in [0.15, 0.2) is 0 Å². The molecule has 1 aromatic rings. The van der Waals surface area contributed by atoms with Crippen LogP contribution < -0.4 is 5.32 Å². The summed E-state index contributed by atoms with van der Waals surface area (Å²) >= 11 is 0. The quantitative estimate of drug-likeness (QED) is 0.870. The number of halogens is 1. The van der Waals surface area contributed by atoms with Crippen LogP contribution in [0, 0.1) is 5.82 Å². The monoisotopic (exact) mass is 252 g/mol. The van der Waals surface area contributed by atoms with Crippen molar-refractivity contribution in [3.63, 3.8) is 0 Å². The van der Waals surface area contributed by atoms with Gasteiger partial charge < -0.3 is 15.0 Å². The summed E-state index contributed by atoms with van der Waals surface area (Å²) in [6.07, 6.45) is 0. The first-order valence-electron chi connectivity index (χ1n) is 5.97. The van der Waals surface area contributed by atoms with Crippen LogP contribution in [0.15, 0.2) is 24.3 Å². The van der Waals surface area contributed by atoms with Gasteiger partial charge in [-0.3, -0.25) is 4.79 Å². The summed E-state index contributed by atoms with van der Waals surface area (Å²) in [4.78, 5) is 13.7. The zero-order chi connectivity index (χ0) is 13.0. The van der Waals surface area contributed by atoms with E-state index in [1.165, 1.54) is 19.2 Å². The molecule has 2 rings (SSSR count). The summed E-state index contributed by atoms with van der Waals surface area (Å²) in [5.41, 5.74) is 0.812. The Bertz CT molecular complexity index is 425. The first-order valence-corrected chi connectivity index (χ1v) is 5.97. The maximum absolute atomic E-state index is 13.2. The lowest BCUT2D eigenvalue weighted by atomic mass is 10.0. The van der Waals surface area contributed by atoms with E-state index in [-0.39, 0.29) is 24.4 Å². The average Bonchev–Trinajstić information content (AvgIpc) is 2.39. The van der Waals surface area contributed by atoms with Crippen molar-refractivity contribution in [2.45, 2.75) is 6.04 Å². The third-order valence-electron chi connectivity index (χ3n) is 3.06. The minimum Gasteiger partial charge on any atom is -0.375 e. The van der Waals surface area contributed by atoms with Crippen LogP contribution in [-0.4, -0.2) is 44.2 Å². The number of methoxy groups -OCH3 is 1. The van der Waals surface area contributed by atoms with Crippen molar-refractivity contribution < 1.29 is 13.9 Å². The minimum absolute atomic E-state index is 0.0613. The summed E-state index contributed by atoms with van der Waals surface area (Å²) in [5, 5.41) is 3.22. The molecule has 0 aromatic heterocycles. The van der Waals surface area contributed by atoms with E-state index in [0.717, 1.165) is 12.1 Å². The molecule has 5 heteroatoms. The smallest absolute Gasteiger partial charge is 0.249 e. The topological polar surface area (TPSA) is 41.6 Å². The molecule has 0 spiro atoms. The van der Waals surface area contributed by atoms with Gasteiger partial charge >= 0.3 is 0 Å². The molecular formula is C13H17FN2O2. The van der Waals surface area contributed by atoms with E-state index in [4.69, 9.17) is 4.74 Å². The Morgan fingerprint density at radius 2 is 2.44 bits per heavy atom. The van der Waals surface area contributed by atoms with Crippen molar-refractivity contribution in [1.29, 1.82) is 0 Å². The molecule has 1 unspecified atom stereocenters. The second-order valence-electron chi connectivity index (χ2n) is 4.30. The molecule has 0 aliphatic carbocycles. The maximum atomic E-state index is 13.2. The van der Waals surface area contributed by atoms with Gasteiger partial charge in [0, 0.05) is 26.7 Å². The molecule has 1 amide bonds. The normalized spacial score (nSPS) is 19.9. The van der Waals surface area contributed by atoms with E-state index < -0.39 is 0 Å². The molecule has 1 aromatic carbocycles. The standard InChI is InChI=1S/C13H17FN2O2/c1-18-9-13(17)16-6-5-15-8-12(16)10-3-2-4-11(14)7-10/h2-4,7,12,15H,5-6,8-9H2,1H3. The fraction of sp³-hybridized carbons (Fsp3) is 0.462. The lowest BCUT2D eigenvalue weighted by Gasteiger charge is -2.36. The lowest BCUT2D eigenvalue weighted by molar-refractivity contribution is -0.138. The molecule has 1 N–H and O–H groups in total. The SMILES string of the molecule is COCC(=O)N1CCNCC1c1cccc(F)c1. The molecule has 4 nitrogen and oxygen atoms in total. The molecule has 98 valence electrons. The van der Waals surface area contributed by atoms with Crippen LogP contribution >= 0.6 is 0 Å². The van der Waals surface area contributed by atoms with E-state index >= 15 is 0 Å². The fourth-order valence-corrected chi connectivity index (χ4v) is 2.22. The van der Waals surface area contributed by atoms with Crippen LogP contribution in [0.4, 0.5) is 4.39 Å². The lowest BCUT2D eigenvalue weighted by Crippen LogP contribution is -2.49. The second-order valence-corrected chi connectivity index (χ2v) is 4.30. The van der Waals surface area contributed by atoms with Crippen LogP contribution in [0.2, 0.25) is 0 Å². The highest BCUT2D eigenvalue weighted by Gasteiger charge is 2.27. The van der Waals surface area contributed by atoms with Crippen molar-refractivity contribution in [3.8, 4) is 0 Å². The fourth-order valence-electron chi connectivity index (χ4n) is 2.22. The van der Waals surface area contributed by atoms with Crippen molar-refractivity contribution in [1.82, 2.24) is 10.2 Å². The van der Waals surface area contributed by atoms with E-state index in [2.05, 4.69) is 5.32 Å². The van der Waals surface area contributed by atoms with Crippen LogP contribution in [0.25, 0.3) is 0 Å². The molecule has 1 fully saturated rings. The summed E-state index contributed by atoms with van der Waals surface area (Å²) in [5.74, 6) is -0.342. The highest BCUT2D eigenvalue weighted by molar-refractivity contribution is 5.78. The average molecular weight is 252 g/mol. The van der Waals surface area contributed by atoms with E-state index in [0.29, 0.717) is 13.1 Å². The number of benzene rings is 1. The minimum atomic E-state index is -0.280. The predicted octanol–water partition coefficient (Wildman–Crippen LogP) is 0.945. The predicted molar refractivity (Wildman–Crippen MR) is 65.6 cm³/mol. The Labute approximate surface area is 106 Å². The number of piperazine rings is 1. The summed E-state index contributed by atoms with van der Waals surface area (Å²) in [6.45, 7) is 2.06. The molecule has 1 aliphatic heterocycles. The Morgan fingerprint density at radius 3 is 3.17 bits per heavy atom. The Morgan fingerprint density at radius 1 is 1.61 bits per heavy atom. The first kappa shape index (κ1) is 13.0. The zero-order valence-corrected chi connectivity index (χ0v) is 10.4. The molecule has 1 heterocycles. The van der Waals surface area contributed by atoms with Gasteiger partial charge in [-0.05, 0) is 17.7 Å². The van der Waals surface area contributed by atoms with Crippen molar-refractivity contribution >= 4 is 5.91 Å². The molecule has 0 radical (unpaired) electrons. The van der Waals surface area contributed by atoms with Gasteiger partial charge in [0.05, 0.1) is 6.04 Å². The van der Waals surface area contributed by atoms with E-state index in [1.807, 2.05) is 6.07 Å². The maximum Gasteiger partial charge on any atom is 0.249 e. The van der Waals surface area contributed by atoms with E-state index in [9.17, 15) is 9.18 Å². The number of ether oxygens (including phenoxy) is 1. The van der Waals surface area contributed by atoms with Gasteiger partial charge in [-0.2, -0.15) is 0 Å². The van der Waals surface area contributed by atoms with Gasteiger partial charge in [0.2, 0.25) is 5.91 Å². The van der Waals surface area contributed by atoms with Crippen molar-refractivity contribution in [2.75, 3.05) is 33.4 Å². The number of hydrogen-bond donors (Lipinski definition) is 1. The first-order chi connectivity index (χ1) is 8.72. The van der Waals surface area contributed by atoms with Crippen LogP contribution in [-0.2, 0) is 9.53 Å². The number of hydrogen-bond acceptors (Lipinski definition) is 3. The van der Waals surface area contributed by atoms with Gasteiger partial charge in [0.1, 0.15) is 12.4 Å². The molecule has 18 heavy (non-hydrogen) atoms. The molecule has 0 bridgehead atoms. The highest BCUT2D eigenvalue weighted by atomic mass is 19.1. The second kappa shape index (κ2) is 5.93. The summed E-state index contributed by atoms with van der Waals surface area (Å²) < 4.78 is 18.1. The number of amides is 1. The van der Waals surface area contributed by atoms with Crippen molar-refractivity contribution in [3.05, 3.63) is 35.6 Å². The number of nitrogens with one attached hydrogen (secondary N) is 1. The third kappa shape index (κ3) is 2.86. The highest BCUT2D eigenvalue weighted by Crippen LogP contribution is 2.22. The summed E-state index contributed by atoms with van der Waals surface area (Å²) in [6, 6.07) is 6.26. The van der Waals surface area contributed by atoms with Gasteiger partial charge in [-0.1, -0.05) is 12.1 Å². The van der Waals surface area contributed by atoms with Gasteiger partial charge in [-0.15, -0.1) is 0 Å². The third-order valence-corrected chi connectivity index (χ3v) is 3.06. The number of carbonyl (C=O) groups is 1. The Hall–Kier alpha value is -1.46. The zero-order valence-electron chi connectivity index (χ0n) is 10.4. The largest absolute Gasteiger partial charge is 0.375 e. The molecular weight excluding hydrogens is 235 g/mol.